The Labute approximate surface area is 128 Å². The molecule has 114 valence electrons. The molecule has 2 aromatic rings. The summed E-state index contributed by atoms with van der Waals surface area (Å²) in [5.41, 5.74) is 0.915. The van der Waals surface area contributed by atoms with Crippen molar-refractivity contribution >= 4 is 12.1 Å². The average Bonchev–Trinajstić information content (AvgIpc) is 2.55. The number of methoxy groups -OCH3 is 1. The van der Waals surface area contributed by atoms with Gasteiger partial charge in [-0.15, -0.1) is 0 Å². The van der Waals surface area contributed by atoms with Gasteiger partial charge in [0, 0.05) is 6.42 Å². The normalized spacial score (nSPS) is 11.3. The first-order valence-corrected chi connectivity index (χ1v) is 6.84. The van der Waals surface area contributed by atoms with Crippen molar-refractivity contribution < 1.29 is 19.1 Å². The minimum Gasteiger partial charge on any atom is -0.467 e. The fraction of sp³-hybridized carbons (Fsp3) is 0.176. The Bertz CT molecular complexity index is 613. The Morgan fingerprint density at radius 2 is 1.59 bits per heavy atom. The van der Waals surface area contributed by atoms with Crippen molar-refractivity contribution in [2.75, 3.05) is 7.11 Å². The second-order valence-electron chi connectivity index (χ2n) is 4.61. The van der Waals surface area contributed by atoms with E-state index in [1.54, 1.807) is 24.3 Å². The summed E-state index contributed by atoms with van der Waals surface area (Å²) < 4.78 is 9.85. The van der Waals surface area contributed by atoms with E-state index in [9.17, 15) is 9.59 Å². The molecule has 5 heteroatoms. The van der Waals surface area contributed by atoms with Crippen LogP contribution >= 0.6 is 0 Å². The summed E-state index contributed by atoms with van der Waals surface area (Å²) in [5, 5.41) is 2.53. The molecule has 0 unspecified atom stereocenters. The monoisotopic (exact) mass is 299 g/mol. The van der Waals surface area contributed by atoms with Gasteiger partial charge in [0.1, 0.15) is 11.8 Å². The Balaban J connectivity index is 2.00. The summed E-state index contributed by atoms with van der Waals surface area (Å²) in [6.45, 7) is 0. The van der Waals surface area contributed by atoms with Crippen LogP contribution in [-0.4, -0.2) is 25.2 Å². The first-order chi connectivity index (χ1) is 10.7. The molecule has 0 spiro atoms. The van der Waals surface area contributed by atoms with Gasteiger partial charge in [0.25, 0.3) is 0 Å². The van der Waals surface area contributed by atoms with Crippen molar-refractivity contribution in [3.63, 3.8) is 0 Å². The zero-order valence-corrected chi connectivity index (χ0v) is 12.2. The van der Waals surface area contributed by atoms with Gasteiger partial charge in [0.15, 0.2) is 0 Å². The van der Waals surface area contributed by atoms with Gasteiger partial charge in [-0.25, -0.2) is 9.59 Å². The first-order valence-electron chi connectivity index (χ1n) is 6.84. The second-order valence-corrected chi connectivity index (χ2v) is 4.61. The zero-order chi connectivity index (χ0) is 15.8. The second kappa shape index (κ2) is 7.83. The van der Waals surface area contributed by atoms with Crippen molar-refractivity contribution in [2.24, 2.45) is 0 Å². The smallest absolute Gasteiger partial charge is 0.413 e. The molecule has 1 N–H and O–H groups in total. The van der Waals surface area contributed by atoms with E-state index in [-0.39, 0.29) is 0 Å². The lowest BCUT2D eigenvalue weighted by Crippen LogP contribution is -2.44. The molecule has 0 aliphatic carbocycles. The summed E-state index contributed by atoms with van der Waals surface area (Å²) in [4.78, 5) is 23.7. The number of hydrogen-bond acceptors (Lipinski definition) is 4. The lowest BCUT2D eigenvalue weighted by Gasteiger charge is -2.16. The number of amides is 1. The molecule has 5 nitrogen and oxygen atoms in total. The highest BCUT2D eigenvalue weighted by Crippen LogP contribution is 2.09. The molecule has 1 amide bonds. The highest BCUT2D eigenvalue weighted by molar-refractivity contribution is 5.82. The van der Waals surface area contributed by atoms with Crippen LogP contribution < -0.4 is 10.1 Å². The van der Waals surface area contributed by atoms with E-state index >= 15 is 0 Å². The predicted octanol–water partition coefficient (Wildman–Crippen LogP) is 2.56. The minimum absolute atomic E-state index is 0.331. The lowest BCUT2D eigenvalue weighted by molar-refractivity contribution is -0.142. The molecule has 2 rings (SSSR count). The number of ether oxygens (including phenoxy) is 2. The molecular weight excluding hydrogens is 282 g/mol. The molecule has 0 aliphatic heterocycles. The molecule has 2 aromatic carbocycles. The maximum Gasteiger partial charge on any atom is 0.413 e. The van der Waals surface area contributed by atoms with E-state index in [0.717, 1.165) is 5.56 Å². The number of esters is 1. The van der Waals surface area contributed by atoms with Crippen LogP contribution in [0.3, 0.4) is 0 Å². The fourth-order valence-electron chi connectivity index (χ4n) is 1.95. The van der Waals surface area contributed by atoms with E-state index in [1.807, 2.05) is 36.4 Å². The van der Waals surface area contributed by atoms with Crippen LogP contribution in [0.5, 0.6) is 5.75 Å². The van der Waals surface area contributed by atoms with Gasteiger partial charge in [-0.2, -0.15) is 0 Å². The Morgan fingerprint density at radius 3 is 2.18 bits per heavy atom. The third-order valence-corrected chi connectivity index (χ3v) is 3.01. The molecule has 1 atom stereocenters. The van der Waals surface area contributed by atoms with Crippen LogP contribution in [0.25, 0.3) is 0 Å². The topological polar surface area (TPSA) is 64.6 Å². The molecule has 0 saturated heterocycles. The quantitative estimate of drug-likeness (QED) is 0.862. The molecule has 0 bridgehead atoms. The summed E-state index contributed by atoms with van der Waals surface area (Å²) >= 11 is 0. The SMILES string of the molecule is COC(=O)[C@@H](Cc1ccccc1)NC(=O)Oc1ccccc1. The van der Waals surface area contributed by atoms with Crippen LogP contribution in [0, 0.1) is 0 Å². The molecule has 0 aromatic heterocycles. The number of nitrogens with one attached hydrogen (secondary N) is 1. The van der Waals surface area contributed by atoms with E-state index in [2.05, 4.69) is 5.32 Å². The predicted molar refractivity (Wildman–Crippen MR) is 81.6 cm³/mol. The Morgan fingerprint density at radius 1 is 1.00 bits per heavy atom. The maximum atomic E-state index is 11.9. The number of rotatable bonds is 5. The molecule has 22 heavy (non-hydrogen) atoms. The van der Waals surface area contributed by atoms with Crippen LogP contribution in [0.1, 0.15) is 5.56 Å². The van der Waals surface area contributed by atoms with Crippen molar-refractivity contribution in [3.8, 4) is 5.75 Å². The van der Waals surface area contributed by atoms with Crippen molar-refractivity contribution in [1.29, 1.82) is 0 Å². The van der Waals surface area contributed by atoms with Crippen LogP contribution in [0.4, 0.5) is 4.79 Å². The molecule has 0 saturated carbocycles. The highest BCUT2D eigenvalue weighted by atomic mass is 16.6. The standard InChI is InChI=1S/C17H17NO4/c1-21-16(19)15(12-13-8-4-2-5-9-13)18-17(20)22-14-10-6-3-7-11-14/h2-11,15H,12H2,1H3,(H,18,20)/t15-/m1/s1. The number of carbonyl (C=O) groups excluding carboxylic acids is 2. The van der Waals surface area contributed by atoms with Gasteiger partial charge in [-0.3, -0.25) is 0 Å². The van der Waals surface area contributed by atoms with Gasteiger partial charge in [-0.05, 0) is 17.7 Å². The largest absolute Gasteiger partial charge is 0.467 e. The fourth-order valence-corrected chi connectivity index (χ4v) is 1.95. The van der Waals surface area contributed by atoms with Gasteiger partial charge in [0.05, 0.1) is 7.11 Å². The summed E-state index contributed by atoms with van der Waals surface area (Å²) in [6.07, 6.45) is -0.366. The third kappa shape index (κ3) is 4.63. The summed E-state index contributed by atoms with van der Waals surface area (Å²) in [6, 6.07) is 17.2. The molecular formula is C17H17NO4. The number of hydrogen-bond donors (Lipinski definition) is 1. The van der Waals surface area contributed by atoms with Gasteiger partial charge >= 0.3 is 12.1 Å². The van der Waals surface area contributed by atoms with Crippen LogP contribution in [-0.2, 0) is 16.0 Å². The third-order valence-electron chi connectivity index (χ3n) is 3.01. The van der Waals surface area contributed by atoms with Crippen LogP contribution in [0.2, 0.25) is 0 Å². The number of benzene rings is 2. The van der Waals surface area contributed by atoms with E-state index in [0.29, 0.717) is 12.2 Å². The van der Waals surface area contributed by atoms with Gasteiger partial charge < -0.3 is 14.8 Å². The van der Waals surface area contributed by atoms with Crippen molar-refractivity contribution in [3.05, 3.63) is 66.2 Å². The summed E-state index contributed by atoms with van der Waals surface area (Å²) in [5.74, 6) is -0.114. The number of para-hydroxylation sites is 1. The maximum absolute atomic E-state index is 11.9. The van der Waals surface area contributed by atoms with Gasteiger partial charge in [-0.1, -0.05) is 48.5 Å². The number of carbonyl (C=O) groups is 2. The van der Waals surface area contributed by atoms with E-state index in [1.165, 1.54) is 7.11 Å². The van der Waals surface area contributed by atoms with Crippen molar-refractivity contribution in [1.82, 2.24) is 5.32 Å². The Kier molecular flexibility index (Phi) is 5.54. The van der Waals surface area contributed by atoms with Crippen LogP contribution in [0.15, 0.2) is 60.7 Å². The molecule has 0 fully saturated rings. The molecule has 0 heterocycles. The van der Waals surface area contributed by atoms with E-state index in [4.69, 9.17) is 9.47 Å². The molecule has 0 aliphatic rings. The van der Waals surface area contributed by atoms with E-state index < -0.39 is 18.1 Å². The molecule has 0 radical (unpaired) electrons. The lowest BCUT2D eigenvalue weighted by atomic mass is 10.1. The highest BCUT2D eigenvalue weighted by Gasteiger charge is 2.22. The Hall–Kier alpha value is -2.82. The first kappa shape index (κ1) is 15.6. The van der Waals surface area contributed by atoms with Crippen molar-refractivity contribution in [2.45, 2.75) is 12.5 Å². The zero-order valence-electron chi connectivity index (χ0n) is 12.2. The van der Waals surface area contributed by atoms with Gasteiger partial charge in [0.2, 0.25) is 0 Å². The average molecular weight is 299 g/mol. The minimum atomic E-state index is -0.802. The summed E-state index contributed by atoms with van der Waals surface area (Å²) in [7, 11) is 1.28.